The Morgan fingerprint density at radius 2 is 2.00 bits per heavy atom. The molecule has 0 amide bonds. The normalized spacial score (nSPS) is 14.0. The first-order chi connectivity index (χ1) is 10.3. The minimum absolute atomic E-state index is 0.465. The topological polar surface area (TPSA) is 35.3 Å². The summed E-state index contributed by atoms with van der Waals surface area (Å²) in [4.78, 5) is 4.22. The van der Waals surface area contributed by atoms with Gasteiger partial charge in [0.2, 0.25) is 0 Å². The van der Waals surface area contributed by atoms with E-state index in [9.17, 15) is 0 Å². The first-order valence-corrected chi connectivity index (χ1v) is 7.16. The van der Waals surface area contributed by atoms with Crippen molar-refractivity contribution in [1.82, 2.24) is 4.98 Å². The minimum atomic E-state index is 0.465. The molecule has 0 fully saturated rings. The van der Waals surface area contributed by atoms with Crippen LogP contribution in [-0.4, -0.2) is 12.1 Å². The van der Waals surface area contributed by atoms with E-state index in [2.05, 4.69) is 22.9 Å². The van der Waals surface area contributed by atoms with Gasteiger partial charge in [0.1, 0.15) is 5.75 Å². The monoisotopic (exact) mass is 279 g/mol. The second kappa shape index (κ2) is 6.32. The molecule has 1 aromatic heterocycles. The van der Waals surface area contributed by atoms with Crippen molar-refractivity contribution in [3.8, 4) is 28.9 Å². The number of hydrogen-bond donors (Lipinski definition) is 0. The molecule has 3 nitrogen and oxygen atoms in total. The molecule has 1 aromatic carbocycles. The molecule has 0 radical (unpaired) electrons. The first kappa shape index (κ1) is 13.5. The van der Waals surface area contributed by atoms with Gasteiger partial charge in [0.25, 0.3) is 5.89 Å². The van der Waals surface area contributed by atoms with E-state index in [0.717, 1.165) is 29.9 Å². The minimum Gasteiger partial charge on any atom is -0.497 e. The summed E-state index contributed by atoms with van der Waals surface area (Å²) in [6.45, 7) is 0. The number of rotatable bonds is 2. The van der Waals surface area contributed by atoms with Crippen LogP contribution in [0.1, 0.15) is 31.6 Å². The SMILES string of the molecule is COc1ccc(-c2cnc(C#CC3=CCCCC3)o2)cc1. The van der Waals surface area contributed by atoms with Crippen LogP contribution in [0.2, 0.25) is 0 Å². The number of benzene rings is 1. The molecule has 0 bridgehead atoms. The summed E-state index contributed by atoms with van der Waals surface area (Å²) in [7, 11) is 1.65. The summed E-state index contributed by atoms with van der Waals surface area (Å²) in [5.41, 5.74) is 2.17. The van der Waals surface area contributed by atoms with Crippen molar-refractivity contribution in [2.24, 2.45) is 0 Å². The molecule has 0 N–H and O–H groups in total. The quantitative estimate of drug-likeness (QED) is 0.773. The van der Waals surface area contributed by atoms with Gasteiger partial charge in [-0.15, -0.1) is 0 Å². The molecule has 0 aliphatic heterocycles. The van der Waals surface area contributed by atoms with Crippen molar-refractivity contribution in [3.05, 3.63) is 48.0 Å². The van der Waals surface area contributed by atoms with E-state index in [1.807, 2.05) is 24.3 Å². The smallest absolute Gasteiger partial charge is 0.274 e. The lowest BCUT2D eigenvalue weighted by Crippen LogP contribution is -1.88. The van der Waals surface area contributed by atoms with Gasteiger partial charge < -0.3 is 9.15 Å². The lowest BCUT2D eigenvalue weighted by Gasteiger charge is -2.05. The average molecular weight is 279 g/mol. The third kappa shape index (κ3) is 3.35. The molecule has 1 heterocycles. The lowest BCUT2D eigenvalue weighted by atomic mass is 10.0. The highest BCUT2D eigenvalue weighted by molar-refractivity contribution is 5.58. The van der Waals surface area contributed by atoms with E-state index < -0.39 is 0 Å². The highest BCUT2D eigenvalue weighted by Gasteiger charge is 2.05. The molecule has 1 aliphatic rings. The van der Waals surface area contributed by atoms with E-state index in [4.69, 9.17) is 9.15 Å². The number of oxazole rings is 1. The predicted molar refractivity (Wildman–Crippen MR) is 81.9 cm³/mol. The Labute approximate surface area is 124 Å². The first-order valence-electron chi connectivity index (χ1n) is 7.16. The molecule has 0 saturated carbocycles. The molecule has 21 heavy (non-hydrogen) atoms. The Balaban J connectivity index is 1.76. The third-order valence-corrected chi connectivity index (χ3v) is 3.50. The van der Waals surface area contributed by atoms with E-state index in [1.165, 1.54) is 18.4 Å². The summed E-state index contributed by atoms with van der Waals surface area (Å²) >= 11 is 0. The summed E-state index contributed by atoms with van der Waals surface area (Å²) in [6.07, 6.45) is 8.62. The highest BCUT2D eigenvalue weighted by Crippen LogP contribution is 2.23. The highest BCUT2D eigenvalue weighted by atomic mass is 16.5. The van der Waals surface area contributed by atoms with Crippen LogP contribution in [0, 0.1) is 11.8 Å². The third-order valence-electron chi connectivity index (χ3n) is 3.50. The number of hydrogen-bond acceptors (Lipinski definition) is 3. The molecule has 1 aliphatic carbocycles. The summed E-state index contributed by atoms with van der Waals surface area (Å²) in [5.74, 6) is 8.17. The van der Waals surface area contributed by atoms with E-state index in [1.54, 1.807) is 13.3 Å². The zero-order valence-corrected chi connectivity index (χ0v) is 12.1. The molecule has 106 valence electrons. The van der Waals surface area contributed by atoms with Gasteiger partial charge >= 0.3 is 0 Å². The maximum Gasteiger partial charge on any atom is 0.274 e. The number of methoxy groups -OCH3 is 1. The second-order valence-corrected chi connectivity index (χ2v) is 4.98. The Morgan fingerprint density at radius 1 is 1.14 bits per heavy atom. The van der Waals surface area contributed by atoms with Gasteiger partial charge in [-0.2, -0.15) is 0 Å². The van der Waals surface area contributed by atoms with Crippen molar-refractivity contribution in [3.63, 3.8) is 0 Å². The Morgan fingerprint density at radius 3 is 2.71 bits per heavy atom. The van der Waals surface area contributed by atoms with Crippen LogP contribution in [0.15, 0.2) is 46.5 Å². The van der Waals surface area contributed by atoms with Gasteiger partial charge in [-0.25, -0.2) is 4.98 Å². The van der Waals surface area contributed by atoms with Crippen LogP contribution >= 0.6 is 0 Å². The van der Waals surface area contributed by atoms with Gasteiger partial charge in [0, 0.05) is 5.56 Å². The molecule has 3 heteroatoms. The van der Waals surface area contributed by atoms with Crippen molar-refractivity contribution in [2.45, 2.75) is 25.7 Å². The molecular weight excluding hydrogens is 262 g/mol. The van der Waals surface area contributed by atoms with Crippen molar-refractivity contribution < 1.29 is 9.15 Å². The molecule has 0 saturated heterocycles. The van der Waals surface area contributed by atoms with Gasteiger partial charge in [0.15, 0.2) is 5.76 Å². The largest absolute Gasteiger partial charge is 0.497 e. The van der Waals surface area contributed by atoms with Gasteiger partial charge in [-0.3, -0.25) is 0 Å². The van der Waals surface area contributed by atoms with Gasteiger partial charge in [-0.05, 0) is 61.4 Å². The van der Waals surface area contributed by atoms with E-state index >= 15 is 0 Å². The van der Waals surface area contributed by atoms with Crippen LogP contribution < -0.4 is 4.74 Å². The van der Waals surface area contributed by atoms with Gasteiger partial charge in [-0.1, -0.05) is 12.0 Å². The Bertz CT molecular complexity index is 699. The zero-order valence-electron chi connectivity index (χ0n) is 12.1. The Kier molecular flexibility index (Phi) is 4.07. The van der Waals surface area contributed by atoms with Crippen LogP contribution in [0.4, 0.5) is 0 Å². The van der Waals surface area contributed by atoms with E-state index in [0.29, 0.717) is 5.89 Å². The fourth-order valence-corrected chi connectivity index (χ4v) is 2.31. The second-order valence-electron chi connectivity index (χ2n) is 4.98. The van der Waals surface area contributed by atoms with Crippen LogP contribution in [0.5, 0.6) is 5.75 Å². The fourth-order valence-electron chi connectivity index (χ4n) is 2.31. The summed E-state index contributed by atoms with van der Waals surface area (Å²) in [6, 6.07) is 7.69. The van der Waals surface area contributed by atoms with Gasteiger partial charge in [0.05, 0.1) is 13.3 Å². The number of ether oxygens (including phenoxy) is 1. The van der Waals surface area contributed by atoms with E-state index in [-0.39, 0.29) is 0 Å². The lowest BCUT2D eigenvalue weighted by molar-refractivity contribution is 0.415. The predicted octanol–water partition coefficient (Wildman–Crippen LogP) is 4.20. The van der Waals surface area contributed by atoms with Crippen molar-refractivity contribution in [2.75, 3.05) is 7.11 Å². The van der Waals surface area contributed by atoms with Crippen LogP contribution in [0.25, 0.3) is 11.3 Å². The van der Waals surface area contributed by atoms with Crippen LogP contribution in [-0.2, 0) is 0 Å². The molecule has 3 rings (SSSR count). The number of aromatic nitrogens is 1. The maximum atomic E-state index is 5.68. The molecular formula is C18H17NO2. The molecule has 0 atom stereocenters. The standard InChI is InChI=1S/C18H17NO2/c1-20-16-10-8-15(9-11-16)17-13-19-18(21-17)12-7-14-5-3-2-4-6-14/h5,8-11,13H,2-4,6H2,1H3. The summed E-state index contributed by atoms with van der Waals surface area (Å²) < 4.78 is 10.8. The fraction of sp³-hybridized carbons (Fsp3) is 0.278. The zero-order chi connectivity index (χ0) is 14.5. The number of allylic oxidation sites excluding steroid dienone is 2. The summed E-state index contributed by atoms with van der Waals surface area (Å²) in [5, 5.41) is 0. The van der Waals surface area contributed by atoms with Crippen LogP contribution in [0.3, 0.4) is 0 Å². The Hall–Kier alpha value is -2.47. The number of nitrogens with zero attached hydrogens (tertiary/aromatic N) is 1. The van der Waals surface area contributed by atoms with Crippen molar-refractivity contribution in [1.29, 1.82) is 0 Å². The molecule has 0 unspecified atom stereocenters. The maximum absolute atomic E-state index is 5.68. The molecule has 2 aromatic rings. The average Bonchev–Trinajstić information content (AvgIpc) is 3.03. The van der Waals surface area contributed by atoms with Crippen molar-refractivity contribution >= 4 is 0 Å². The molecule has 0 spiro atoms.